The van der Waals surface area contributed by atoms with Crippen LogP contribution in [-0.4, -0.2) is 36.0 Å². The van der Waals surface area contributed by atoms with Gasteiger partial charge in [0.1, 0.15) is 11.3 Å². The Morgan fingerprint density at radius 3 is 2.78 bits per heavy atom. The number of carbonyl (C=O) groups is 1. The predicted molar refractivity (Wildman–Crippen MR) is 87.8 cm³/mol. The van der Waals surface area contributed by atoms with Crippen LogP contribution in [0.25, 0.3) is 0 Å². The average Bonchev–Trinajstić information content (AvgIpc) is 3.04. The van der Waals surface area contributed by atoms with Crippen LogP contribution >= 0.6 is 0 Å². The van der Waals surface area contributed by atoms with Crippen molar-refractivity contribution in [3.63, 3.8) is 0 Å². The maximum absolute atomic E-state index is 12.4. The Hall–Kier alpha value is -2.56. The summed E-state index contributed by atoms with van der Waals surface area (Å²) in [4.78, 5) is 28.5. The average molecular weight is 312 g/mol. The highest BCUT2D eigenvalue weighted by Gasteiger charge is 2.28. The number of benzene rings is 1. The molecule has 1 aliphatic heterocycles. The maximum atomic E-state index is 12.4. The lowest BCUT2D eigenvalue weighted by Gasteiger charge is -2.16. The van der Waals surface area contributed by atoms with E-state index in [-0.39, 0.29) is 17.0 Å². The van der Waals surface area contributed by atoms with E-state index in [9.17, 15) is 9.59 Å². The van der Waals surface area contributed by atoms with Crippen LogP contribution in [0.2, 0.25) is 0 Å². The van der Waals surface area contributed by atoms with Gasteiger partial charge >= 0.3 is 0 Å². The number of rotatable bonds is 4. The van der Waals surface area contributed by atoms with Crippen LogP contribution in [0.15, 0.2) is 47.4 Å². The van der Waals surface area contributed by atoms with E-state index in [1.54, 1.807) is 24.1 Å². The van der Waals surface area contributed by atoms with E-state index in [0.717, 1.165) is 18.6 Å². The van der Waals surface area contributed by atoms with Crippen LogP contribution in [0, 0.1) is 5.92 Å². The highest BCUT2D eigenvalue weighted by atomic mass is 16.5. The first kappa shape index (κ1) is 15.3. The molecule has 1 amide bonds. The first-order valence-electron chi connectivity index (χ1n) is 7.77. The molecule has 5 nitrogen and oxygen atoms in total. The fraction of sp³-hybridized carbons (Fsp3) is 0.333. The molecule has 120 valence electrons. The second-order valence-electron chi connectivity index (χ2n) is 5.87. The predicted octanol–water partition coefficient (Wildman–Crippen LogP) is 2.09. The molecule has 1 atom stereocenters. The highest BCUT2D eigenvalue weighted by molar-refractivity contribution is 5.93. The Kier molecular flexibility index (Phi) is 4.46. The van der Waals surface area contributed by atoms with E-state index in [1.165, 1.54) is 11.8 Å². The minimum atomic E-state index is -0.323. The van der Waals surface area contributed by atoms with Gasteiger partial charge in [-0.3, -0.25) is 9.59 Å². The molecule has 1 fully saturated rings. The fourth-order valence-corrected chi connectivity index (χ4v) is 3.04. The van der Waals surface area contributed by atoms with Gasteiger partial charge in [0.2, 0.25) is 0 Å². The number of aromatic nitrogens is 1. The lowest BCUT2D eigenvalue weighted by Crippen LogP contribution is -2.33. The van der Waals surface area contributed by atoms with E-state index in [2.05, 4.69) is 17.1 Å². The molecular weight excluding hydrogens is 292 g/mol. The van der Waals surface area contributed by atoms with E-state index >= 15 is 0 Å². The largest absolute Gasteiger partial charge is 0.497 e. The van der Waals surface area contributed by atoms with Gasteiger partial charge < -0.3 is 14.6 Å². The quantitative estimate of drug-likeness (QED) is 0.940. The smallest absolute Gasteiger partial charge is 0.260 e. The van der Waals surface area contributed by atoms with Crippen molar-refractivity contribution >= 4 is 5.91 Å². The van der Waals surface area contributed by atoms with E-state index in [4.69, 9.17) is 4.74 Å². The van der Waals surface area contributed by atoms with Gasteiger partial charge in [-0.1, -0.05) is 12.1 Å². The minimum absolute atomic E-state index is 0.177. The van der Waals surface area contributed by atoms with Crippen LogP contribution in [0.3, 0.4) is 0 Å². The molecule has 5 heteroatoms. The van der Waals surface area contributed by atoms with Crippen LogP contribution in [0.5, 0.6) is 5.75 Å². The molecule has 1 aromatic carbocycles. The Morgan fingerprint density at radius 1 is 1.30 bits per heavy atom. The molecule has 0 aliphatic carbocycles. The Balaban J connectivity index is 1.63. The number of pyridine rings is 1. The van der Waals surface area contributed by atoms with Gasteiger partial charge in [-0.25, -0.2) is 0 Å². The maximum Gasteiger partial charge on any atom is 0.260 e. The Bertz CT molecular complexity index is 736. The number of carbonyl (C=O) groups excluding carboxylic acids is 1. The molecule has 1 unspecified atom stereocenters. The number of hydrogen-bond acceptors (Lipinski definition) is 3. The van der Waals surface area contributed by atoms with Crippen molar-refractivity contribution in [2.75, 3.05) is 20.2 Å². The summed E-state index contributed by atoms with van der Waals surface area (Å²) in [5.74, 6) is 1.10. The van der Waals surface area contributed by atoms with Gasteiger partial charge in [0, 0.05) is 19.3 Å². The van der Waals surface area contributed by atoms with Crippen LogP contribution in [0.4, 0.5) is 0 Å². The molecule has 0 saturated carbocycles. The fourth-order valence-electron chi connectivity index (χ4n) is 3.04. The topological polar surface area (TPSA) is 62.4 Å². The molecule has 3 rings (SSSR count). The number of likely N-dealkylation sites (tertiary alicyclic amines) is 1. The van der Waals surface area contributed by atoms with Crippen molar-refractivity contribution in [3.05, 3.63) is 64.1 Å². The van der Waals surface area contributed by atoms with E-state index in [0.29, 0.717) is 19.0 Å². The molecule has 2 aromatic rings. The zero-order valence-corrected chi connectivity index (χ0v) is 13.1. The number of nitrogens with zero attached hydrogens (tertiary/aromatic N) is 1. The number of H-pyrrole nitrogens is 1. The summed E-state index contributed by atoms with van der Waals surface area (Å²) in [5.41, 5.74) is 1.14. The molecule has 23 heavy (non-hydrogen) atoms. The molecule has 0 radical (unpaired) electrons. The summed E-state index contributed by atoms with van der Waals surface area (Å²) >= 11 is 0. The lowest BCUT2D eigenvalue weighted by molar-refractivity contribution is 0.0785. The van der Waals surface area contributed by atoms with Crippen LogP contribution in [-0.2, 0) is 6.42 Å². The number of methoxy groups -OCH3 is 1. The van der Waals surface area contributed by atoms with Crippen molar-refractivity contribution < 1.29 is 9.53 Å². The summed E-state index contributed by atoms with van der Waals surface area (Å²) in [6.07, 6.45) is 3.43. The summed E-state index contributed by atoms with van der Waals surface area (Å²) in [7, 11) is 1.65. The normalized spacial score (nSPS) is 17.3. The third-order valence-corrected chi connectivity index (χ3v) is 4.31. The molecule has 1 saturated heterocycles. The third kappa shape index (κ3) is 3.44. The van der Waals surface area contributed by atoms with Gasteiger partial charge in [-0.2, -0.15) is 0 Å². The highest BCUT2D eigenvalue weighted by Crippen LogP contribution is 2.23. The van der Waals surface area contributed by atoms with Crippen molar-refractivity contribution in [1.82, 2.24) is 9.88 Å². The molecular formula is C18H20N2O3. The zero-order chi connectivity index (χ0) is 16.2. The zero-order valence-electron chi connectivity index (χ0n) is 13.1. The Morgan fingerprint density at radius 2 is 2.09 bits per heavy atom. The van der Waals surface area contributed by atoms with Crippen LogP contribution in [0.1, 0.15) is 22.3 Å². The number of aromatic amines is 1. The Labute approximate surface area is 134 Å². The van der Waals surface area contributed by atoms with Crippen molar-refractivity contribution in [3.8, 4) is 5.75 Å². The third-order valence-electron chi connectivity index (χ3n) is 4.31. The van der Waals surface area contributed by atoms with Crippen molar-refractivity contribution in [1.29, 1.82) is 0 Å². The van der Waals surface area contributed by atoms with Crippen molar-refractivity contribution in [2.24, 2.45) is 5.92 Å². The molecule has 0 spiro atoms. The number of nitrogens with one attached hydrogen (secondary N) is 1. The van der Waals surface area contributed by atoms with Gasteiger partial charge in [0.05, 0.1) is 7.11 Å². The SMILES string of the molecule is COc1ccc(CC2CCN(C(=O)c3ccc[nH]c3=O)C2)cc1. The summed E-state index contributed by atoms with van der Waals surface area (Å²) in [6.45, 7) is 1.40. The molecule has 1 aliphatic rings. The van der Waals surface area contributed by atoms with Gasteiger partial charge in [-0.15, -0.1) is 0 Å². The second-order valence-corrected chi connectivity index (χ2v) is 5.87. The summed E-state index contributed by atoms with van der Waals surface area (Å²) in [5, 5.41) is 0. The summed E-state index contributed by atoms with van der Waals surface area (Å²) in [6, 6.07) is 11.3. The van der Waals surface area contributed by atoms with Gasteiger partial charge in [0.25, 0.3) is 11.5 Å². The standard InChI is InChI=1S/C18H20N2O3/c1-23-15-6-4-13(5-7-15)11-14-8-10-20(12-14)18(22)16-3-2-9-19-17(16)21/h2-7,9,14H,8,10-12H2,1H3,(H,19,21). The second kappa shape index (κ2) is 6.69. The molecule has 2 heterocycles. The first-order chi connectivity index (χ1) is 11.2. The number of ether oxygens (including phenoxy) is 1. The van der Waals surface area contributed by atoms with Gasteiger partial charge in [0.15, 0.2) is 0 Å². The molecule has 1 N–H and O–H groups in total. The summed E-state index contributed by atoms with van der Waals surface area (Å²) < 4.78 is 5.16. The molecule has 0 bridgehead atoms. The van der Waals surface area contributed by atoms with E-state index < -0.39 is 0 Å². The van der Waals surface area contributed by atoms with E-state index in [1.807, 2.05) is 12.1 Å². The monoisotopic (exact) mass is 312 g/mol. The number of hydrogen-bond donors (Lipinski definition) is 1. The minimum Gasteiger partial charge on any atom is -0.497 e. The van der Waals surface area contributed by atoms with Crippen LogP contribution < -0.4 is 10.3 Å². The van der Waals surface area contributed by atoms with Crippen molar-refractivity contribution in [2.45, 2.75) is 12.8 Å². The first-order valence-corrected chi connectivity index (χ1v) is 7.77. The van der Waals surface area contributed by atoms with Gasteiger partial charge in [-0.05, 0) is 48.6 Å². The number of amides is 1. The lowest BCUT2D eigenvalue weighted by atomic mass is 9.99. The molecule has 1 aromatic heterocycles.